The van der Waals surface area contributed by atoms with Crippen LogP contribution in [-0.2, 0) is 4.79 Å². The molecule has 0 saturated heterocycles. The molecule has 3 atom stereocenters. The summed E-state index contributed by atoms with van der Waals surface area (Å²) in [6.45, 7) is 6.40. The molecule has 1 aromatic heterocycles. The van der Waals surface area contributed by atoms with Crippen molar-refractivity contribution in [1.29, 1.82) is 0 Å². The molecule has 138 valence electrons. The number of ether oxygens (including phenoxy) is 2. The van der Waals surface area contributed by atoms with Gasteiger partial charge < -0.3 is 13.9 Å². The van der Waals surface area contributed by atoms with Crippen molar-refractivity contribution in [3.05, 3.63) is 47.9 Å². The van der Waals surface area contributed by atoms with E-state index >= 15 is 0 Å². The highest BCUT2D eigenvalue weighted by molar-refractivity contribution is 5.83. The van der Waals surface area contributed by atoms with E-state index in [2.05, 4.69) is 17.5 Å². The molecule has 6 heteroatoms. The molecule has 0 radical (unpaired) electrons. The van der Waals surface area contributed by atoms with Gasteiger partial charge in [0.15, 0.2) is 6.10 Å². The Hall–Kier alpha value is -2.76. The molecule has 1 heterocycles. The van der Waals surface area contributed by atoms with Crippen molar-refractivity contribution in [3.8, 4) is 11.5 Å². The summed E-state index contributed by atoms with van der Waals surface area (Å²) in [5.74, 6) is 3.84. The molecule has 6 nitrogen and oxygen atoms in total. The normalized spacial score (nSPS) is 20.0. The first-order chi connectivity index (χ1) is 12.6. The number of carbonyl (C=O) groups excluding carboxylic acids is 1. The van der Waals surface area contributed by atoms with Gasteiger partial charge in [-0.15, -0.1) is 0 Å². The van der Waals surface area contributed by atoms with Crippen molar-refractivity contribution in [2.75, 3.05) is 6.61 Å². The molecule has 2 aromatic rings. The van der Waals surface area contributed by atoms with Crippen LogP contribution in [0.3, 0.4) is 0 Å². The van der Waals surface area contributed by atoms with E-state index in [1.54, 1.807) is 31.2 Å². The average molecular weight is 356 g/mol. The third kappa shape index (κ3) is 4.65. The van der Waals surface area contributed by atoms with Crippen LogP contribution in [0.1, 0.15) is 44.6 Å². The minimum absolute atomic E-state index is 0.335. The first-order valence-corrected chi connectivity index (χ1v) is 8.89. The largest absolute Gasteiger partial charge is 0.494 e. The molecule has 1 amide bonds. The van der Waals surface area contributed by atoms with Crippen molar-refractivity contribution in [3.63, 3.8) is 0 Å². The third-order valence-electron chi connectivity index (χ3n) is 4.31. The Morgan fingerprint density at radius 2 is 2.00 bits per heavy atom. The molecule has 3 rings (SSSR count). The van der Waals surface area contributed by atoms with Crippen LogP contribution < -0.4 is 14.9 Å². The predicted molar refractivity (Wildman–Crippen MR) is 98.7 cm³/mol. The molecule has 0 spiro atoms. The maximum Gasteiger partial charge on any atom is 0.280 e. The molecule has 26 heavy (non-hydrogen) atoms. The van der Waals surface area contributed by atoms with Gasteiger partial charge in [0, 0.05) is 5.92 Å². The molecular weight excluding hydrogens is 332 g/mol. The lowest BCUT2D eigenvalue weighted by molar-refractivity contribution is -0.127. The van der Waals surface area contributed by atoms with E-state index in [1.165, 1.54) is 12.6 Å². The number of benzene rings is 1. The second kappa shape index (κ2) is 8.08. The maximum absolute atomic E-state index is 12.1. The van der Waals surface area contributed by atoms with E-state index in [-0.39, 0.29) is 5.91 Å². The van der Waals surface area contributed by atoms with Gasteiger partial charge in [0.25, 0.3) is 5.91 Å². The van der Waals surface area contributed by atoms with E-state index < -0.39 is 6.10 Å². The molecule has 0 unspecified atom stereocenters. The van der Waals surface area contributed by atoms with Crippen LogP contribution in [0.5, 0.6) is 11.5 Å². The van der Waals surface area contributed by atoms with Gasteiger partial charge in [-0.3, -0.25) is 4.79 Å². The minimum Gasteiger partial charge on any atom is -0.494 e. The standard InChI is InChI=1S/C20H24N2O4/c1-4-24-15-5-7-16(8-6-15)25-14(3)20(23)22-21-12-17-9-10-19(26-17)18-11-13(18)2/h5-10,12-14,18H,4,11H2,1-3H3,(H,22,23)/b21-12-/t13-,14+,18+/m0/s1. The second-order valence-corrected chi connectivity index (χ2v) is 6.46. The molecule has 1 aromatic carbocycles. The summed E-state index contributed by atoms with van der Waals surface area (Å²) in [6.07, 6.45) is 1.99. The van der Waals surface area contributed by atoms with Crippen LogP contribution in [0.25, 0.3) is 0 Å². The number of carbonyl (C=O) groups is 1. The Morgan fingerprint density at radius 3 is 2.65 bits per heavy atom. The van der Waals surface area contributed by atoms with Crippen LogP contribution in [0.4, 0.5) is 0 Å². The first-order valence-electron chi connectivity index (χ1n) is 8.89. The SMILES string of the molecule is CCOc1ccc(O[C@H](C)C(=O)N/N=C\c2ccc([C@@H]3C[C@@H]3C)o2)cc1. The van der Waals surface area contributed by atoms with E-state index in [0.29, 0.717) is 30.0 Å². The zero-order chi connectivity index (χ0) is 18.5. The van der Waals surface area contributed by atoms with E-state index in [4.69, 9.17) is 13.9 Å². The Labute approximate surface area is 153 Å². The number of hydrogen-bond acceptors (Lipinski definition) is 5. The Morgan fingerprint density at radius 1 is 1.31 bits per heavy atom. The highest BCUT2D eigenvalue weighted by Gasteiger charge is 2.36. The number of nitrogens with one attached hydrogen (secondary N) is 1. The lowest BCUT2D eigenvalue weighted by atomic mass is 10.3. The fourth-order valence-electron chi connectivity index (χ4n) is 2.64. The molecule has 1 aliphatic carbocycles. The fourth-order valence-corrected chi connectivity index (χ4v) is 2.64. The number of hydrazone groups is 1. The smallest absolute Gasteiger partial charge is 0.280 e. The molecule has 1 saturated carbocycles. The van der Waals surface area contributed by atoms with Crippen LogP contribution in [0.15, 0.2) is 45.9 Å². The van der Waals surface area contributed by atoms with E-state index in [0.717, 1.165) is 11.5 Å². The summed E-state index contributed by atoms with van der Waals surface area (Å²) >= 11 is 0. The van der Waals surface area contributed by atoms with Gasteiger partial charge in [-0.25, -0.2) is 5.43 Å². The van der Waals surface area contributed by atoms with Crippen molar-refractivity contribution in [1.82, 2.24) is 5.43 Å². The quantitative estimate of drug-likeness (QED) is 0.578. The number of rotatable bonds is 8. The fraction of sp³-hybridized carbons (Fsp3) is 0.400. The van der Waals surface area contributed by atoms with Gasteiger partial charge in [-0.2, -0.15) is 5.10 Å². The number of amides is 1. The predicted octanol–water partition coefficient (Wildman–Crippen LogP) is 3.72. The zero-order valence-corrected chi connectivity index (χ0v) is 15.3. The van der Waals surface area contributed by atoms with Crippen molar-refractivity contribution >= 4 is 12.1 Å². The van der Waals surface area contributed by atoms with Crippen LogP contribution in [0.2, 0.25) is 0 Å². The van der Waals surface area contributed by atoms with E-state index in [9.17, 15) is 4.79 Å². The molecule has 1 N–H and O–H groups in total. The van der Waals surface area contributed by atoms with Crippen molar-refractivity contribution in [2.24, 2.45) is 11.0 Å². The highest BCUT2D eigenvalue weighted by Crippen LogP contribution is 2.47. The number of hydrogen-bond donors (Lipinski definition) is 1. The van der Waals surface area contributed by atoms with Crippen LogP contribution in [-0.4, -0.2) is 24.8 Å². The van der Waals surface area contributed by atoms with Gasteiger partial charge in [-0.05, 0) is 62.6 Å². The van der Waals surface area contributed by atoms with Gasteiger partial charge in [0.2, 0.25) is 0 Å². The first kappa shape index (κ1) is 18.0. The molecule has 1 fully saturated rings. The Balaban J connectivity index is 1.47. The monoisotopic (exact) mass is 356 g/mol. The summed E-state index contributed by atoms with van der Waals surface area (Å²) in [5.41, 5.74) is 2.47. The number of nitrogens with zero attached hydrogens (tertiary/aromatic N) is 1. The van der Waals surface area contributed by atoms with Crippen LogP contribution >= 0.6 is 0 Å². The Bertz CT molecular complexity index is 766. The highest BCUT2D eigenvalue weighted by atomic mass is 16.5. The summed E-state index contributed by atoms with van der Waals surface area (Å²) in [6, 6.07) is 11.0. The summed E-state index contributed by atoms with van der Waals surface area (Å²) < 4.78 is 16.7. The van der Waals surface area contributed by atoms with Crippen LogP contribution in [0, 0.1) is 5.92 Å². The third-order valence-corrected chi connectivity index (χ3v) is 4.31. The van der Waals surface area contributed by atoms with Crippen molar-refractivity contribution in [2.45, 2.75) is 39.2 Å². The van der Waals surface area contributed by atoms with Gasteiger partial charge in [0.05, 0.1) is 12.8 Å². The lowest BCUT2D eigenvalue weighted by Crippen LogP contribution is -2.33. The van der Waals surface area contributed by atoms with Gasteiger partial charge in [-0.1, -0.05) is 6.92 Å². The topological polar surface area (TPSA) is 73.1 Å². The molecular formula is C20H24N2O4. The summed E-state index contributed by atoms with van der Waals surface area (Å²) in [5, 5.41) is 3.94. The number of furan rings is 1. The zero-order valence-electron chi connectivity index (χ0n) is 15.3. The Kier molecular flexibility index (Phi) is 5.61. The summed E-state index contributed by atoms with van der Waals surface area (Å²) in [4.78, 5) is 12.1. The van der Waals surface area contributed by atoms with E-state index in [1.807, 2.05) is 19.1 Å². The maximum atomic E-state index is 12.1. The minimum atomic E-state index is -0.676. The lowest BCUT2D eigenvalue weighted by Gasteiger charge is -2.13. The summed E-state index contributed by atoms with van der Waals surface area (Å²) in [7, 11) is 0. The van der Waals surface area contributed by atoms with Gasteiger partial charge in [0.1, 0.15) is 23.0 Å². The van der Waals surface area contributed by atoms with Crippen molar-refractivity contribution < 1.29 is 18.7 Å². The molecule has 1 aliphatic rings. The second-order valence-electron chi connectivity index (χ2n) is 6.46. The molecule has 0 aliphatic heterocycles. The van der Waals surface area contributed by atoms with Gasteiger partial charge >= 0.3 is 0 Å². The average Bonchev–Trinajstić information content (AvgIpc) is 3.17. The molecule has 0 bridgehead atoms.